The van der Waals surface area contributed by atoms with Crippen LogP contribution in [-0.4, -0.2) is 29.4 Å². The van der Waals surface area contributed by atoms with Gasteiger partial charge in [-0.2, -0.15) is 0 Å². The van der Waals surface area contributed by atoms with Gasteiger partial charge in [-0.3, -0.25) is 0 Å². The van der Waals surface area contributed by atoms with Crippen LogP contribution < -0.4 is 5.32 Å². The molecule has 1 aliphatic heterocycles. The lowest BCUT2D eigenvalue weighted by Crippen LogP contribution is -2.20. The zero-order valence-electron chi connectivity index (χ0n) is 10.9. The highest BCUT2D eigenvalue weighted by atomic mass is 16.5. The molecule has 2 aliphatic rings. The van der Waals surface area contributed by atoms with Gasteiger partial charge >= 0.3 is 0 Å². The van der Waals surface area contributed by atoms with Crippen LogP contribution in [0.25, 0.3) is 0 Å². The van der Waals surface area contributed by atoms with Gasteiger partial charge in [0.25, 0.3) is 0 Å². The second-order valence-corrected chi connectivity index (χ2v) is 5.52. The lowest BCUT2D eigenvalue weighted by molar-refractivity contribution is -0.00614. The first-order valence-corrected chi connectivity index (χ1v) is 6.96. The molecule has 18 heavy (non-hydrogen) atoms. The predicted molar refractivity (Wildman–Crippen MR) is 66.2 cm³/mol. The summed E-state index contributed by atoms with van der Waals surface area (Å²) in [6.07, 6.45) is 6.61. The molecule has 5 nitrogen and oxygen atoms in total. The number of aromatic nitrogens is 2. The molecular weight excluding hydrogens is 230 g/mol. The standard InChI is InChI=1S/C13H21N3O2/c1-13(7-3-9-17-13)12-16-15-11(18-12)4-2-8-14-10-5-6-10/h10,14H,2-9H2,1H3. The fourth-order valence-corrected chi connectivity index (χ4v) is 2.35. The van der Waals surface area contributed by atoms with Crippen LogP contribution in [0.3, 0.4) is 0 Å². The molecule has 0 spiro atoms. The monoisotopic (exact) mass is 251 g/mol. The SMILES string of the molecule is CC1(c2nnc(CCCNC3CC3)o2)CCCO1. The third-order valence-electron chi connectivity index (χ3n) is 3.72. The summed E-state index contributed by atoms with van der Waals surface area (Å²) >= 11 is 0. The summed E-state index contributed by atoms with van der Waals surface area (Å²) in [7, 11) is 0. The smallest absolute Gasteiger partial charge is 0.247 e. The molecule has 0 amide bonds. The van der Waals surface area contributed by atoms with Crippen molar-refractivity contribution in [3.8, 4) is 0 Å². The van der Waals surface area contributed by atoms with Crippen molar-refractivity contribution in [1.29, 1.82) is 0 Å². The first-order chi connectivity index (χ1) is 8.76. The van der Waals surface area contributed by atoms with Crippen LogP contribution in [0.4, 0.5) is 0 Å². The van der Waals surface area contributed by atoms with E-state index in [0.29, 0.717) is 5.89 Å². The minimum atomic E-state index is -0.350. The predicted octanol–water partition coefficient (Wildman–Crippen LogP) is 1.78. The molecule has 2 heterocycles. The van der Waals surface area contributed by atoms with Crippen LogP contribution in [0.1, 0.15) is 50.8 Å². The fraction of sp³-hybridized carbons (Fsp3) is 0.846. The van der Waals surface area contributed by atoms with Gasteiger partial charge in [-0.05, 0) is 45.6 Å². The van der Waals surface area contributed by atoms with Crippen LogP contribution in [0, 0.1) is 0 Å². The van der Waals surface area contributed by atoms with Crippen molar-refractivity contribution < 1.29 is 9.15 Å². The maximum Gasteiger partial charge on any atom is 0.247 e. The van der Waals surface area contributed by atoms with E-state index in [4.69, 9.17) is 9.15 Å². The molecular formula is C13H21N3O2. The molecule has 1 N–H and O–H groups in total. The highest BCUT2D eigenvalue weighted by molar-refractivity contribution is 4.98. The molecule has 2 fully saturated rings. The topological polar surface area (TPSA) is 60.2 Å². The van der Waals surface area contributed by atoms with Crippen molar-refractivity contribution in [2.45, 2.75) is 57.1 Å². The van der Waals surface area contributed by atoms with E-state index in [1.54, 1.807) is 0 Å². The Balaban J connectivity index is 1.49. The lowest BCUT2D eigenvalue weighted by atomic mass is 10.0. The summed E-state index contributed by atoms with van der Waals surface area (Å²) in [5, 5.41) is 11.7. The zero-order chi connectivity index (χ0) is 12.4. The Bertz CT molecular complexity index is 395. The summed E-state index contributed by atoms with van der Waals surface area (Å²) in [5.41, 5.74) is -0.350. The van der Waals surface area contributed by atoms with Crippen LogP contribution in [0.5, 0.6) is 0 Å². The molecule has 1 aliphatic carbocycles. The van der Waals surface area contributed by atoms with Gasteiger partial charge in [0.05, 0.1) is 0 Å². The van der Waals surface area contributed by atoms with Crippen molar-refractivity contribution in [2.24, 2.45) is 0 Å². The number of nitrogens with zero attached hydrogens (tertiary/aromatic N) is 2. The second kappa shape index (κ2) is 4.97. The van der Waals surface area contributed by atoms with E-state index < -0.39 is 0 Å². The summed E-state index contributed by atoms with van der Waals surface area (Å²) < 4.78 is 11.4. The van der Waals surface area contributed by atoms with E-state index >= 15 is 0 Å². The zero-order valence-corrected chi connectivity index (χ0v) is 10.9. The largest absolute Gasteiger partial charge is 0.422 e. The van der Waals surface area contributed by atoms with Crippen molar-refractivity contribution in [3.63, 3.8) is 0 Å². The van der Waals surface area contributed by atoms with E-state index in [1.807, 2.05) is 6.92 Å². The molecule has 1 atom stereocenters. The highest BCUT2D eigenvalue weighted by Crippen LogP contribution is 2.34. The van der Waals surface area contributed by atoms with Gasteiger partial charge in [0.15, 0.2) is 0 Å². The number of ether oxygens (including phenoxy) is 1. The summed E-state index contributed by atoms with van der Waals surface area (Å²) in [6.45, 7) is 3.86. The normalized spacial score (nSPS) is 27.8. The van der Waals surface area contributed by atoms with Crippen molar-refractivity contribution >= 4 is 0 Å². The minimum Gasteiger partial charge on any atom is -0.422 e. The molecule has 5 heteroatoms. The quantitative estimate of drug-likeness (QED) is 0.781. The Kier molecular flexibility index (Phi) is 3.35. The second-order valence-electron chi connectivity index (χ2n) is 5.52. The Morgan fingerprint density at radius 3 is 3.00 bits per heavy atom. The van der Waals surface area contributed by atoms with Gasteiger partial charge < -0.3 is 14.5 Å². The van der Waals surface area contributed by atoms with E-state index in [0.717, 1.165) is 50.8 Å². The number of nitrogens with one attached hydrogen (secondary N) is 1. The molecule has 0 bridgehead atoms. The van der Waals surface area contributed by atoms with Gasteiger partial charge in [0, 0.05) is 19.1 Å². The first kappa shape index (κ1) is 12.1. The van der Waals surface area contributed by atoms with Crippen molar-refractivity contribution in [2.75, 3.05) is 13.2 Å². The summed E-state index contributed by atoms with van der Waals surface area (Å²) in [5.74, 6) is 1.38. The number of hydrogen-bond acceptors (Lipinski definition) is 5. The van der Waals surface area contributed by atoms with Crippen LogP contribution in [0.2, 0.25) is 0 Å². The molecule has 0 aromatic carbocycles. The number of rotatable bonds is 6. The Morgan fingerprint density at radius 1 is 1.39 bits per heavy atom. The first-order valence-electron chi connectivity index (χ1n) is 6.96. The highest BCUT2D eigenvalue weighted by Gasteiger charge is 2.37. The van der Waals surface area contributed by atoms with Crippen molar-refractivity contribution in [3.05, 3.63) is 11.8 Å². The Morgan fingerprint density at radius 2 is 2.28 bits per heavy atom. The average molecular weight is 251 g/mol. The Labute approximate surface area is 107 Å². The van der Waals surface area contributed by atoms with Gasteiger partial charge in [-0.25, -0.2) is 0 Å². The van der Waals surface area contributed by atoms with Crippen LogP contribution in [0.15, 0.2) is 4.42 Å². The maximum absolute atomic E-state index is 5.72. The number of aryl methyl sites for hydroxylation is 1. The van der Waals surface area contributed by atoms with Gasteiger partial charge in [-0.15, -0.1) is 10.2 Å². The summed E-state index contributed by atoms with van der Waals surface area (Å²) in [4.78, 5) is 0. The Hall–Kier alpha value is -0.940. The van der Waals surface area contributed by atoms with Gasteiger partial charge in [0.2, 0.25) is 11.8 Å². The van der Waals surface area contributed by atoms with E-state index in [2.05, 4.69) is 15.5 Å². The molecule has 100 valence electrons. The third-order valence-corrected chi connectivity index (χ3v) is 3.72. The number of hydrogen-bond donors (Lipinski definition) is 1. The molecule has 1 saturated heterocycles. The molecule has 1 unspecified atom stereocenters. The maximum atomic E-state index is 5.72. The van der Waals surface area contributed by atoms with Crippen molar-refractivity contribution in [1.82, 2.24) is 15.5 Å². The molecule has 1 aromatic rings. The van der Waals surface area contributed by atoms with Gasteiger partial charge in [0.1, 0.15) is 5.60 Å². The average Bonchev–Trinajstić information content (AvgIpc) is 2.88. The lowest BCUT2D eigenvalue weighted by Gasteiger charge is -2.17. The van der Waals surface area contributed by atoms with Gasteiger partial charge in [-0.1, -0.05) is 0 Å². The molecule has 3 rings (SSSR count). The third kappa shape index (κ3) is 2.72. The molecule has 1 saturated carbocycles. The molecule has 1 aromatic heterocycles. The summed E-state index contributed by atoms with van der Waals surface area (Å²) in [6, 6.07) is 0.772. The van der Waals surface area contributed by atoms with Crippen LogP contribution >= 0.6 is 0 Å². The minimum absolute atomic E-state index is 0.350. The van der Waals surface area contributed by atoms with E-state index in [1.165, 1.54) is 12.8 Å². The van der Waals surface area contributed by atoms with E-state index in [-0.39, 0.29) is 5.60 Å². The van der Waals surface area contributed by atoms with Crippen LogP contribution in [-0.2, 0) is 16.8 Å². The van der Waals surface area contributed by atoms with E-state index in [9.17, 15) is 0 Å². The fourth-order valence-electron chi connectivity index (χ4n) is 2.35. The molecule has 0 radical (unpaired) electrons.